The molecule has 2 aromatic carbocycles. The van der Waals surface area contributed by atoms with E-state index in [1.165, 1.54) is 11.8 Å². The summed E-state index contributed by atoms with van der Waals surface area (Å²) in [4.78, 5) is 31.2. The largest absolute Gasteiger partial charge is 0.318 e. The minimum atomic E-state index is -0.0995. The number of ketones is 1. The number of thioether (sulfide) groups is 1. The molecule has 8 heteroatoms. The van der Waals surface area contributed by atoms with E-state index in [0.29, 0.717) is 26.3 Å². The van der Waals surface area contributed by atoms with Crippen molar-refractivity contribution in [2.45, 2.75) is 20.8 Å². The van der Waals surface area contributed by atoms with Crippen LogP contribution in [0.2, 0.25) is 5.02 Å². The number of carbonyl (C=O) groups is 2. The van der Waals surface area contributed by atoms with Crippen LogP contribution in [0.5, 0.6) is 0 Å². The molecule has 0 aliphatic carbocycles. The molecule has 0 saturated carbocycles. The monoisotopic (exact) mass is 541 g/mol. The molecule has 0 radical (unpaired) electrons. The van der Waals surface area contributed by atoms with E-state index >= 15 is 0 Å². The Hall–Kier alpha value is -2.61. The maximum absolute atomic E-state index is 12.9. The lowest BCUT2D eigenvalue weighted by Gasteiger charge is -2.10. The second-order valence-electron chi connectivity index (χ2n) is 7.73. The fraction of sp³-hybridized carbons (Fsp3) is 0.160. The summed E-state index contributed by atoms with van der Waals surface area (Å²) >= 11 is 10.9. The highest BCUT2D eigenvalue weighted by Crippen LogP contribution is 2.35. The van der Waals surface area contributed by atoms with Gasteiger partial charge in [0.2, 0.25) is 0 Å². The molecule has 1 fully saturated rings. The van der Waals surface area contributed by atoms with Crippen molar-refractivity contribution in [3.8, 4) is 5.69 Å². The first-order valence-corrected chi connectivity index (χ1v) is 12.2. The summed E-state index contributed by atoms with van der Waals surface area (Å²) in [5.74, 6) is -0.0609. The Labute approximate surface area is 210 Å². The molecular weight excluding hydrogens is 522 g/mol. The third-order valence-corrected chi connectivity index (χ3v) is 7.71. The topological polar surface area (TPSA) is 54.7 Å². The molecule has 1 saturated heterocycles. The van der Waals surface area contributed by atoms with Gasteiger partial charge in [-0.2, -0.15) is 0 Å². The molecule has 3 aromatic rings. The summed E-state index contributed by atoms with van der Waals surface area (Å²) in [6.45, 7) is 5.60. The smallest absolute Gasteiger partial charge is 0.266 e. The van der Waals surface area contributed by atoms with Gasteiger partial charge in [-0.25, -0.2) is 4.99 Å². The average Bonchev–Trinajstić information content (AvgIpc) is 3.20. The first-order chi connectivity index (χ1) is 15.7. The van der Waals surface area contributed by atoms with Gasteiger partial charge in [-0.15, -0.1) is 0 Å². The van der Waals surface area contributed by atoms with Crippen molar-refractivity contribution >= 4 is 67.9 Å². The van der Waals surface area contributed by atoms with Crippen LogP contribution in [0, 0.1) is 13.8 Å². The number of rotatable bonds is 4. The van der Waals surface area contributed by atoms with E-state index in [0.717, 1.165) is 27.1 Å². The molecule has 4 rings (SSSR count). The number of likely N-dealkylation sites (N-methyl/N-ethyl adjacent to an activating group) is 1. The van der Waals surface area contributed by atoms with E-state index in [1.807, 2.05) is 56.3 Å². The number of benzene rings is 2. The number of aryl methyl sites for hydroxylation is 1. The summed E-state index contributed by atoms with van der Waals surface area (Å²) in [5, 5.41) is 1.16. The van der Waals surface area contributed by atoms with E-state index in [-0.39, 0.29) is 11.7 Å². The second kappa shape index (κ2) is 9.33. The SMILES string of the molecule is CC(=O)c1ccc(-n2c(C)cc(/C=C3\SC(=Nc4ccc(Br)c(Cl)c4)N(C)C3=O)c2C)cc1. The minimum absolute atomic E-state index is 0.0386. The Morgan fingerprint density at radius 2 is 1.82 bits per heavy atom. The fourth-order valence-corrected chi connectivity index (χ4v) is 5.03. The zero-order valence-electron chi connectivity index (χ0n) is 18.5. The zero-order valence-corrected chi connectivity index (χ0v) is 21.7. The van der Waals surface area contributed by atoms with Crippen LogP contribution >= 0.6 is 39.3 Å². The molecule has 0 N–H and O–H groups in total. The van der Waals surface area contributed by atoms with Gasteiger partial charge in [0.1, 0.15) is 0 Å². The summed E-state index contributed by atoms with van der Waals surface area (Å²) < 4.78 is 2.91. The maximum Gasteiger partial charge on any atom is 0.266 e. The van der Waals surface area contributed by atoms with E-state index in [4.69, 9.17) is 11.6 Å². The number of aromatic nitrogens is 1. The first-order valence-electron chi connectivity index (χ1n) is 10.2. The summed E-state index contributed by atoms with van der Waals surface area (Å²) in [6.07, 6.45) is 1.91. The molecular formula is C25H21BrClN3O2S. The van der Waals surface area contributed by atoms with Gasteiger partial charge in [-0.3, -0.25) is 14.5 Å². The lowest BCUT2D eigenvalue weighted by Crippen LogP contribution is -2.23. The number of carbonyl (C=O) groups excluding carboxylic acids is 2. The number of nitrogens with zero attached hydrogens (tertiary/aromatic N) is 3. The Morgan fingerprint density at radius 1 is 1.12 bits per heavy atom. The van der Waals surface area contributed by atoms with Crippen LogP contribution in [0.25, 0.3) is 11.8 Å². The molecule has 2 heterocycles. The van der Waals surface area contributed by atoms with Crippen molar-refractivity contribution in [2.24, 2.45) is 4.99 Å². The number of Topliss-reactive ketones (excluding diaryl/α,β-unsaturated/α-hetero) is 1. The average molecular weight is 543 g/mol. The van der Waals surface area contributed by atoms with Crippen LogP contribution < -0.4 is 0 Å². The van der Waals surface area contributed by atoms with Crippen molar-refractivity contribution in [3.63, 3.8) is 0 Å². The summed E-state index contributed by atoms with van der Waals surface area (Å²) in [5.41, 5.74) is 5.34. The van der Waals surface area contributed by atoms with E-state index in [9.17, 15) is 9.59 Å². The van der Waals surface area contributed by atoms with Gasteiger partial charge in [0.15, 0.2) is 11.0 Å². The lowest BCUT2D eigenvalue weighted by atomic mass is 10.1. The van der Waals surface area contributed by atoms with Gasteiger partial charge in [0.05, 0.1) is 15.6 Å². The second-order valence-corrected chi connectivity index (χ2v) is 10.0. The predicted octanol–water partition coefficient (Wildman–Crippen LogP) is 6.95. The zero-order chi connectivity index (χ0) is 23.9. The molecule has 1 amide bonds. The Balaban J connectivity index is 1.66. The third kappa shape index (κ3) is 4.71. The summed E-state index contributed by atoms with van der Waals surface area (Å²) in [7, 11) is 1.72. The normalized spacial score (nSPS) is 16.3. The lowest BCUT2D eigenvalue weighted by molar-refractivity contribution is -0.121. The van der Waals surface area contributed by atoms with Gasteiger partial charge < -0.3 is 4.57 Å². The standard InChI is InChI=1S/C25H21BrClN3O2S/c1-14-11-18(15(2)30(14)20-8-5-17(6-9-20)16(3)31)12-23-24(32)29(4)25(33-23)28-19-7-10-21(26)22(27)13-19/h5-13H,1-4H3/b23-12-,28-25?. The van der Waals surface area contributed by atoms with E-state index in [1.54, 1.807) is 24.9 Å². The van der Waals surface area contributed by atoms with Crippen LogP contribution in [-0.2, 0) is 4.79 Å². The number of amides is 1. The van der Waals surface area contributed by atoms with Crippen molar-refractivity contribution in [1.29, 1.82) is 0 Å². The third-order valence-electron chi connectivity index (χ3n) is 5.42. The molecule has 0 atom stereocenters. The Morgan fingerprint density at radius 3 is 2.45 bits per heavy atom. The van der Waals surface area contributed by atoms with Crippen molar-refractivity contribution in [2.75, 3.05) is 7.05 Å². The number of hydrogen-bond acceptors (Lipinski definition) is 4. The molecule has 0 unspecified atom stereocenters. The maximum atomic E-state index is 12.9. The van der Waals surface area contributed by atoms with Crippen molar-refractivity contribution in [1.82, 2.24) is 9.47 Å². The van der Waals surface area contributed by atoms with Gasteiger partial charge >= 0.3 is 0 Å². The minimum Gasteiger partial charge on any atom is -0.318 e. The van der Waals surface area contributed by atoms with Crippen LogP contribution in [-0.4, -0.2) is 33.4 Å². The Bertz CT molecular complexity index is 1340. The highest BCUT2D eigenvalue weighted by molar-refractivity contribution is 9.10. The molecule has 33 heavy (non-hydrogen) atoms. The Kier molecular flexibility index (Phi) is 6.66. The number of hydrogen-bond donors (Lipinski definition) is 0. The van der Waals surface area contributed by atoms with Crippen molar-refractivity contribution in [3.05, 3.63) is 85.4 Å². The van der Waals surface area contributed by atoms with Crippen LogP contribution in [0.1, 0.15) is 34.2 Å². The number of amidine groups is 1. The van der Waals surface area contributed by atoms with Gasteiger partial charge in [0.25, 0.3) is 5.91 Å². The highest BCUT2D eigenvalue weighted by atomic mass is 79.9. The number of halogens is 2. The first kappa shape index (κ1) is 23.5. The molecule has 5 nitrogen and oxygen atoms in total. The van der Waals surface area contributed by atoms with Crippen molar-refractivity contribution < 1.29 is 9.59 Å². The van der Waals surface area contributed by atoms with Crippen LogP contribution in [0.4, 0.5) is 5.69 Å². The number of aliphatic imine (C=N–C) groups is 1. The van der Waals surface area contributed by atoms with Crippen LogP contribution in [0.15, 0.2) is 62.9 Å². The predicted molar refractivity (Wildman–Crippen MR) is 140 cm³/mol. The quantitative estimate of drug-likeness (QED) is 0.265. The fourth-order valence-electron chi connectivity index (χ4n) is 3.63. The molecule has 0 bridgehead atoms. The molecule has 1 aromatic heterocycles. The molecule has 1 aliphatic heterocycles. The molecule has 168 valence electrons. The van der Waals surface area contributed by atoms with Gasteiger partial charge in [-0.1, -0.05) is 11.6 Å². The van der Waals surface area contributed by atoms with E-state index < -0.39 is 0 Å². The van der Waals surface area contributed by atoms with E-state index in [2.05, 4.69) is 31.6 Å². The summed E-state index contributed by atoms with van der Waals surface area (Å²) in [6, 6.07) is 15.0. The molecule has 0 spiro atoms. The van der Waals surface area contributed by atoms with Crippen LogP contribution in [0.3, 0.4) is 0 Å². The molecule has 1 aliphatic rings. The van der Waals surface area contributed by atoms with Gasteiger partial charge in [0, 0.05) is 34.2 Å². The highest BCUT2D eigenvalue weighted by Gasteiger charge is 2.30. The van der Waals surface area contributed by atoms with Gasteiger partial charge in [-0.05, 0) is 109 Å².